The topological polar surface area (TPSA) is 85.2 Å². The number of nitriles is 1. The molecular weight excluding hydrogens is 278 g/mol. The van der Waals surface area contributed by atoms with Crippen LogP contribution >= 0.6 is 0 Å². The maximum Gasteiger partial charge on any atom is 0.239 e. The maximum absolute atomic E-state index is 11.8. The van der Waals surface area contributed by atoms with Crippen LogP contribution in [0.5, 0.6) is 0 Å². The summed E-state index contributed by atoms with van der Waals surface area (Å²) in [5.74, 6) is -0.142. The fourth-order valence-electron chi connectivity index (χ4n) is 1.99. The van der Waals surface area contributed by atoms with Crippen LogP contribution < -0.4 is 10.6 Å². The molecule has 0 bridgehead atoms. The van der Waals surface area contributed by atoms with Gasteiger partial charge in [0.15, 0.2) is 0 Å². The van der Waals surface area contributed by atoms with Crippen LogP contribution in [0.4, 0.5) is 5.69 Å². The summed E-state index contributed by atoms with van der Waals surface area (Å²) >= 11 is 0. The van der Waals surface area contributed by atoms with Crippen LogP contribution in [0.15, 0.2) is 48.5 Å². The molecule has 0 fully saturated rings. The summed E-state index contributed by atoms with van der Waals surface area (Å²) in [6.45, 7) is 0.480. The quantitative estimate of drug-likeness (QED) is 0.758. The summed E-state index contributed by atoms with van der Waals surface area (Å²) in [6, 6.07) is 16.4. The third-order valence-corrected chi connectivity index (χ3v) is 3.23. The summed E-state index contributed by atoms with van der Waals surface area (Å²) in [5.41, 5.74) is 3.07. The highest BCUT2D eigenvalue weighted by atomic mass is 16.3. The SMILES string of the molecule is N#Cc1ccc(NCC(=O)NCc2ccccc2CO)cc1. The van der Waals surface area contributed by atoms with E-state index in [0.29, 0.717) is 12.1 Å². The lowest BCUT2D eigenvalue weighted by Crippen LogP contribution is -2.29. The second-order valence-electron chi connectivity index (χ2n) is 4.75. The van der Waals surface area contributed by atoms with E-state index >= 15 is 0 Å². The average molecular weight is 295 g/mol. The first kappa shape index (κ1) is 15.5. The molecule has 5 heteroatoms. The Morgan fingerprint density at radius 3 is 2.41 bits per heavy atom. The van der Waals surface area contributed by atoms with Crippen molar-refractivity contribution in [3.63, 3.8) is 0 Å². The second-order valence-corrected chi connectivity index (χ2v) is 4.75. The fraction of sp³-hybridized carbons (Fsp3) is 0.176. The summed E-state index contributed by atoms with van der Waals surface area (Å²) in [5, 5.41) is 23.7. The van der Waals surface area contributed by atoms with Gasteiger partial charge in [0.25, 0.3) is 0 Å². The van der Waals surface area contributed by atoms with E-state index in [1.165, 1.54) is 0 Å². The van der Waals surface area contributed by atoms with Crippen LogP contribution in [0.1, 0.15) is 16.7 Å². The van der Waals surface area contributed by atoms with Crippen molar-refractivity contribution in [3.05, 3.63) is 65.2 Å². The zero-order valence-corrected chi connectivity index (χ0v) is 12.0. The highest BCUT2D eigenvalue weighted by Crippen LogP contribution is 2.09. The molecule has 5 nitrogen and oxygen atoms in total. The largest absolute Gasteiger partial charge is 0.392 e. The highest BCUT2D eigenvalue weighted by Gasteiger charge is 2.04. The molecule has 0 atom stereocenters. The molecule has 3 N–H and O–H groups in total. The molecule has 2 aromatic carbocycles. The summed E-state index contributed by atoms with van der Waals surface area (Å²) in [4.78, 5) is 11.8. The molecule has 0 aromatic heterocycles. The second kappa shape index (κ2) is 7.81. The number of nitrogens with zero attached hydrogens (tertiary/aromatic N) is 1. The Morgan fingerprint density at radius 2 is 1.77 bits per heavy atom. The van der Waals surface area contributed by atoms with Crippen molar-refractivity contribution in [3.8, 4) is 6.07 Å². The third kappa shape index (κ3) is 4.33. The van der Waals surface area contributed by atoms with Gasteiger partial charge in [-0.2, -0.15) is 5.26 Å². The number of aliphatic hydroxyl groups is 1. The number of aliphatic hydroxyl groups excluding tert-OH is 1. The Balaban J connectivity index is 1.81. The molecule has 112 valence electrons. The molecule has 2 aromatic rings. The minimum atomic E-state index is -0.142. The lowest BCUT2D eigenvalue weighted by molar-refractivity contribution is -0.119. The van der Waals surface area contributed by atoms with E-state index in [2.05, 4.69) is 10.6 Å². The van der Waals surface area contributed by atoms with E-state index in [1.54, 1.807) is 24.3 Å². The van der Waals surface area contributed by atoms with E-state index in [4.69, 9.17) is 5.26 Å². The van der Waals surface area contributed by atoms with Crippen LogP contribution in [-0.4, -0.2) is 17.6 Å². The molecule has 0 heterocycles. The lowest BCUT2D eigenvalue weighted by Gasteiger charge is -2.10. The number of nitrogens with one attached hydrogen (secondary N) is 2. The van der Waals surface area contributed by atoms with Crippen LogP contribution in [0.3, 0.4) is 0 Å². The molecule has 0 aliphatic carbocycles. The van der Waals surface area contributed by atoms with Gasteiger partial charge >= 0.3 is 0 Å². The molecule has 0 saturated carbocycles. The van der Waals surface area contributed by atoms with Gasteiger partial charge in [0.2, 0.25) is 5.91 Å². The van der Waals surface area contributed by atoms with Gasteiger partial charge in [-0.1, -0.05) is 24.3 Å². The molecule has 0 unspecified atom stereocenters. The third-order valence-electron chi connectivity index (χ3n) is 3.23. The van der Waals surface area contributed by atoms with Gasteiger partial charge in [-0.3, -0.25) is 4.79 Å². The molecule has 0 aliphatic rings. The number of carbonyl (C=O) groups is 1. The summed E-state index contributed by atoms with van der Waals surface area (Å²) < 4.78 is 0. The van der Waals surface area contributed by atoms with E-state index in [1.807, 2.05) is 30.3 Å². The van der Waals surface area contributed by atoms with Crippen molar-refractivity contribution < 1.29 is 9.90 Å². The molecule has 0 aliphatic heterocycles. The highest BCUT2D eigenvalue weighted by molar-refractivity contribution is 5.80. The number of benzene rings is 2. The number of carbonyl (C=O) groups excluding carboxylic acids is 1. The summed E-state index contributed by atoms with van der Waals surface area (Å²) in [7, 11) is 0. The Bertz CT molecular complexity index is 675. The average Bonchev–Trinajstić information content (AvgIpc) is 2.58. The maximum atomic E-state index is 11.8. The molecule has 22 heavy (non-hydrogen) atoms. The fourth-order valence-corrected chi connectivity index (χ4v) is 1.99. The zero-order valence-electron chi connectivity index (χ0n) is 12.0. The Hall–Kier alpha value is -2.84. The van der Waals surface area contributed by atoms with Gasteiger partial charge < -0.3 is 15.7 Å². The number of rotatable bonds is 6. The van der Waals surface area contributed by atoms with Crippen LogP contribution in [-0.2, 0) is 17.9 Å². The minimum Gasteiger partial charge on any atom is -0.392 e. The smallest absolute Gasteiger partial charge is 0.239 e. The van der Waals surface area contributed by atoms with Gasteiger partial charge in [-0.15, -0.1) is 0 Å². The van der Waals surface area contributed by atoms with Gasteiger partial charge in [-0.25, -0.2) is 0 Å². The van der Waals surface area contributed by atoms with E-state index < -0.39 is 0 Å². The molecule has 0 radical (unpaired) electrons. The number of amides is 1. The Kier molecular flexibility index (Phi) is 5.52. The molecule has 0 saturated heterocycles. The van der Waals surface area contributed by atoms with Crippen molar-refractivity contribution in [2.24, 2.45) is 0 Å². The molecular formula is C17H17N3O2. The van der Waals surface area contributed by atoms with Gasteiger partial charge in [-0.05, 0) is 35.4 Å². The Labute approximate surface area is 129 Å². The van der Waals surface area contributed by atoms with Crippen molar-refractivity contribution >= 4 is 11.6 Å². The van der Waals surface area contributed by atoms with Gasteiger partial charge in [0.1, 0.15) is 0 Å². The van der Waals surface area contributed by atoms with E-state index in [0.717, 1.165) is 16.8 Å². The van der Waals surface area contributed by atoms with Crippen molar-refractivity contribution in [1.29, 1.82) is 5.26 Å². The number of hydrogen-bond acceptors (Lipinski definition) is 4. The zero-order chi connectivity index (χ0) is 15.8. The van der Waals surface area contributed by atoms with E-state index in [-0.39, 0.29) is 19.1 Å². The van der Waals surface area contributed by atoms with Crippen LogP contribution in [0, 0.1) is 11.3 Å². The van der Waals surface area contributed by atoms with Crippen molar-refractivity contribution in [2.75, 3.05) is 11.9 Å². The van der Waals surface area contributed by atoms with Gasteiger partial charge in [0.05, 0.1) is 24.8 Å². The lowest BCUT2D eigenvalue weighted by atomic mass is 10.1. The van der Waals surface area contributed by atoms with Crippen molar-refractivity contribution in [1.82, 2.24) is 5.32 Å². The molecule has 0 spiro atoms. The molecule has 1 amide bonds. The van der Waals surface area contributed by atoms with Crippen LogP contribution in [0.2, 0.25) is 0 Å². The first-order valence-electron chi connectivity index (χ1n) is 6.91. The van der Waals surface area contributed by atoms with Crippen molar-refractivity contribution in [2.45, 2.75) is 13.2 Å². The predicted molar refractivity (Wildman–Crippen MR) is 83.9 cm³/mol. The predicted octanol–water partition coefficient (Wildman–Crippen LogP) is 1.78. The normalized spacial score (nSPS) is 9.82. The van der Waals surface area contributed by atoms with Gasteiger partial charge in [0, 0.05) is 12.2 Å². The first-order chi connectivity index (χ1) is 10.7. The standard InChI is InChI=1S/C17H17N3O2/c18-9-13-5-7-16(8-6-13)19-11-17(22)20-10-14-3-1-2-4-15(14)12-21/h1-8,19,21H,10-12H2,(H,20,22). The van der Waals surface area contributed by atoms with Crippen LogP contribution in [0.25, 0.3) is 0 Å². The van der Waals surface area contributed by atoms with E-state index in [9.17, 15) is 9.90 Å². The monoisotopic (exact) mass is 295 g/mol. The number of anilines is 1. The Morgan fingerprint density at radius 1 is 1.09 bits per heavy atom. The molecule has 2 rings (SSSR count). The number of hydrogen-bond donors (Lipinski definition) is 3. The first-order valence-corrected chi connectivity index (χ1v) is 6.91. The summed E-state index contributed by atoms with van der Waals surface area (Å²) in [6.07, 6.45) is 0. The minimum absolute atomic E-state index is 0.0461.